The van der Waals surface area contributed by atoms with Crippen LogP contribution in [0.1, 0.15) is 56.4 Å². The fourth-order valence-electron chi connectivity index (χ4n) is 3.12. The van der Waals surface area contributed by atoms with Crippen LogP contribution in [0.4, 0.5) is 0 Å². The first-order valence-corrected chi connectivity index (χ1v) is 9.89. The topological polar surface area (TPSA) is 129 Å². The number of sulfonamides is 1. The van der Waals surface area contributed by atoms with Crippen molar-refractivity contribution in [2.24, 2.45) is 5.73 Å². The number of carbonyl (C=O) groups is 2. The van der Waals surface area contributed by atoms with E-state index >= 15 is 0 Å². The Morgan fingerprint density at radius 2 is 1.76 bits per heavy atom. The predicted octanol–water partition coefficient (Wildman–Crippen LogP) is 0.397. The Morgan fingerprint density at radius 1 is 1.16 bits per heavy atom. The third-order valence-electron chi connectivity index (χ3n) is 4.53. The number of nitrogens with two attached hydrogens (primary N) is 1. The van der Waals surface area contributed by atoms with Crippen molar-refractivity contribution in [3.8, 4) is 0 Å². The lowest BCUT2D eigenvalue weighted by Crippen LogP contribution is -2.48. The summed E-state index contributed by atoms with van der Waals surface area (Å²) < 4.78 is 26.8. The van der Waals surface area contributed by atoms with Gasteiger partial charge >= 0.3 is 0 Å². The van der Waals surface area contributed by atoms with Crippen LogP contribution < -0.4 is 15.6 Å². The molecule has 0 bridgehead atoms. The normalized spacial score (nSPS) is 17.1. The molecule has 1 aliphatic carbocycles. The second kappa shape index (κ2) is 8.44. The Bertz CT molecular complexity index is 709. The fraction of sp³-hybridized carbons (Fsp3) is 0.529. The molecule has 1 saturated carbocycles. The second-order valence-corrected chi connectivity index (χ2v) is 8.12. The summed E-state index contributed by atoms with van der Waals surface area (Å²) in [6.07, 6.45) is 5.30. The first kappa shape index (κ1) is 19.4. The molecule has 0 saturated heterocycles. The number of amides is 1. The van der Waals surface area contributed by atoms with E-state index in [-0.39, 0.29) is 17.7 Å². The number of aliphatic carboxylic acids is 1. The second-order valence-electron chi connectivity index (χ2n) is 6.40. The molecule has 0 heterocycles. The zero-order chi connectivity index (χ0) is 18.4. The van der Waals surface area contributed by atoms with Crippen LogP contribution >= 0.6 is 0 Å². The van der Waals surface area contributed by atoms with Crippen LogP contribution in [0.2, 0.25) is 0 Å². The van der Waals surface area contributed by atoms with Gasteiger partial charge in [0.2, 0.25) is 15.9 Å². The summed E-state index contributed by atoms with van der Waals surface area (Å²) in [4.78, 5) is 21.9. The average molecular weight is 367 g/mol. The molecule has 0 aromatic heterocycles. The lowest BCUT2D eigenvalue weighted by Gasteiger charge is -2.22. The third-order valence-corrected chi connectivity index (χ3v) is 6.02. The van der Waals surface area contributed by atoms with E-state index in [9.17, 15) is 23.1 Å². The van der Waals surface area contributed by atoms with Gasteiger partial charge in [0.25, 0.3) is 0 Å². The van der Waals surface area contributed by atoms with Crippen molar-refractivity contribution < 1.29 is 23.1 Å². The molecule has 0 radical (unpaired) electrons. The van der Waals surface area contributed by atoms with E-state index in [0.717, 1.165) is 18.4 Å². The van der Waals surface area contributed by atoms with Crippen molar-refractivity contribution in [3.63, 3.8) is 0 Å². The zero-order valence-electron chi connectivity index (χ0n) is 13.9. The molecule has 138 valence electrons. The molecular weight excluding hydrogens is 344 g/mol. The van der Waals surface area contributed by atoms with Gasteiger partial charge in [-0.1, -0.05) is 31.4 Å². The molecule has 1 amide bonds. The molecule has 3 N–H and O–H groups in total. The molecule has 1 atom stereocenters. The van der Waals surface area contributed by atoms with Gasteiger partial charge in [0, 0.05) is 6.42 Å². The molecule has 0 aliphatic heterocycles. The number of benzene rings is 1. The standard InChI is InChI=1S/C17H24N2O5S/c18-16(20)11-10-15(17(21)22)19-25(23,24)14-8-6-13(7-9-14)12-4-2-1-3-5-12/h6-9,12,15,19H,1-5,10-11H2,(H2,18,20)(H,21,22)/p-1/t15-/m0/s1. The minimum Gasteiger partial charge on any atom is -0.548 e. The molecule has 1 fully saturated rings. The number of nitrogens with one attached hydrogen (secondary N) is 1. The maximum atomic E-state index is 12.4. The van der Waals surface area contributed by atoms with Crippen molar-refractivity contribution in [2.75, 3.05) is 0 Å². The van der Waals surface area contributed by atoms with Gasteiger partial charge in [-0.25, -0.2) is 13.1 Å². The van der Waals surface area contributed by atoms with E-state index in [1.54, 1.807) is 12.1 Å². The Morgan fingerprint density at radius 3 is 2.28 bits per heavy atom. The minimum absolute atomic E-state index is 0.0163. The van der Waals surface area contributed by atoms with E-state index in [4.69, 9.17) is 5.73 Å². The maximum Gasteiger partial charge on any atom is 0.241 e. The maximum absolute atomic E-state index is 12.4. The van der Waals surface area contributed by atoms with Crippen LogP contribution in [0.5, 0.6) is 0 Å². The Hall–Kier alpha value is -1.93. The molecule has 0 unspecified atom stereocenters. The monoisotopic (exact) mass is 367 g/mol. The van der Waals surface area contributed by atoms with E-state index in [0.29, 0.717) is 5.92 Å². The van der Waals surface area contributed by atoms with E-state index in [1.165, 1.54) is 31.4 Å². The van der Waals surface area contributed by atoms with Gasteiger partial charge in [0.1, 0.15) is 0 Å². The highest BCUT2D eigenvalue weighted by molar-refractivity contribution is 7.89. The number of rotatable bonds is 8. The van der Waals surface area contributed by atoms with Gasteiger partial charge in [-0.15, -0.1) is 0 Å². The predicted molar refractivity (Wildman–Crippen MR) is 89.8 cm³/mol. The van der Waals surface area contributed by atoms with Crippen molar-refractivity contribution in [1.82, 2.24) is 4.72 Å². The smallest absolute Gasteiger partial charge is 0.241 e. The number of hydrogen-bond acceptors (Lipinski definition) is 5. The van der Waals surface area contributed by atoms with Crippen molar-refractivity contribution in [1.29, 1.82) is 0 Å². The molecule has 1 aromatic rings. The summed E-state index contributed by atoms with van der Waals surface area (Å²) in [5.74, 6) is -1.85. The van der Waals surface area contributed by atoms with Crippen molar-refractivity contribution >= 4 is 21.9 Å². The number of carboxylic acid groups (broad SMARTS) is 1. The minimum atomic E-state index is -4.02. The molecule has 1 aliphatic rings. The highest BCUT2D eigenvalue weighted by Gasteiger charge is 2.22. The van der Waals surface area contributed by atoms with Crippen LogP contribution in [0.15, 0.2) is 29.2 Å². The third kappa shape index (κ3) is 5.54. The molecule has 7 nitrogen and oxygen atoms in total. The van der Waals surface area contributed by atoms with Crippen molar-refractivity contribution in [3.05, 3.63) is 29.8 Å². The van der Waals surface area contributed by atoms with Crippen LogP contribution in [0, 0.1) is 0 Å². The van der Waals surface area contributed by atoms with Crippen molar-refractivity contribution in [2.45, 2.75) is 61.8 Å². The van der Waals surface area contributed by atoms with Gasteiger partial charge in [-0.05, 0) is 42.9 Å². The van der Waals surface area contributed by atoms with E-state index in [2.05, 4.69) is 4.72 Å². The van der Waals surface area contributed by atoms with Gasteiger partial charge in [0.15, 0.2) is 0 Å². The first-order valence-electron chi connectivity index (χ1n) is 8.41. The summed E-state index contributed by atoms with van der Waals surface area (Å²) in [6, 6.07) is 5.01. The van der Waals surface area contributed by atoms with Crippen LogP contribution in [0.3, 0.4) is 0 Å². The first-order chi connectivity index (χ1) is 11.8. The molecule has 1 aromatic carbocycles. The number of hydrogen-bond donors (Lipinski definition) is 2. The fourth-order valence-corrected chi connectivity index (χ4v) is 4.34. The van der Waals surface area contributed by atoms with E-state index < -0.39 is 27.9 Å². The molecule has 8 heteroatoms. The molecule has 25 heavy (non-hydrogen) atoms. The Labute approximate surface area is 147 Å². The SMILES string of the molecule is NC(=O)CC[C@H](NS(=O)(=O)c1ccc(C2CCCCC2)cc1)C(=O)[O-]. The lowest BCUT2D eigenvalue weighted by molar-refractivity contribution is -0.308. The van der Waals surface area contributed by atoms with Crippen LogP contribution in [-0.2, 0) is 19.6 Å². The number of carbonyl (C=O) groups excluding carboxylic acids is 2. The van der Waals surface area contributed by atoms with Gasteiger partial charge in [-0.2, -0.15) is 0 Å². The van der Waals surface area contributed by atoms with Crippen LogP contribution in [0.25, 0.3) is 0 Å². The summed E-state index contributed by atoms with van der Waals surface area (Å²) in [5.41, 5.74) is 6.07. The van der Waals surface area contributed by atoms with Gasteiger partial charge in [-0.3, -0.25) is 4.79 Å². The van der Waals surface area contributed by atoms with Crippen LogP contribution in [-0.4, -0.2) is 26.3 Å². The van der Waals surface area contributed by atoms with E-state index in [1.807, 2.05) is 0 Å². The Balaban J connectivity index is 2.09. The summed E-state index contributed by atoms with van der Waals surface area (Å²) >= 11 is 0. The molecule has 2 rings (SSSR count). The summed E-state index contributed by atoms with van der Waals surface area (Å²) in [5, 5.41) is 11.1. The Kier molecular flexibility index (Phi) is 6.55. The highest BCUT2D eigenvalue weighted by Crippen LogP contribution is 2.32. The number of carboxylic acids is 1. The molecular formula is C17H23N2O5S-. The largest absolute Gasteiger partial charge is 0.548 e. The zero-order valence-corrected chi connectivity index (χ0v) is 14.8. The summed E-state index contributed by atoms with van der Waals surface area (Å²) in [7, 11) is -4.02. The van der Waals surface area contributed by atoms with Gasteiger partial charge in [0.05, 0.1) is 16.9 Å². The lowest BCUT2D eigenvalue weighted by atomic mass is 9.84. The highest BCUT2D eigenvalue weighted by atomic mass is 32.2. The van der Waals surface area contributed by atoms with Gasteiger partial charge < -0.3 is 15.6 Å². The average Bonchev–Trinajstić information content (AvgIpc) is 2.59. The number of primary amides is 1. The summed E-state index contributed by atoms with van der Waals surface area (Å²) in [6.45, 7) is 0. The quantitative estimate of drug-likeness (QED) is 0.687. The molecule has 0 spiro atoms.